The zero-order valence-corrected chi connectivity index (χ0v) is 14.1. The van der Waals surface area contributed by atoms with E-state index in [0.717, 1.165) is 0 Å². The number of anilines is 1. The standard InChI is InChI=1S/C15H15BrN2O5/c1-21-11-5-3-9(7-12(11)22-2)18-15(20)14(19)17-8-10-4-6-13(16)23-10/h3-7H,8H2,1-2H3,(H,17,19)(H,18,20). The Balaban J connectivity index is 1.94. The zero-order chi connectivity index (χ0) is 16.8. The van der Waals surface area contributed by atoms with E-state index in [1.54, 1.807) is 30.3 Å². The number of amides is 2. The van der Waals surface area contributed by atoms with Crippen molar-refractivity contribution in [3.05, 3.63) is 40.8 Å². The SMILES string of the molecule is COc1ccc(NC(=O)C(=O)NCc2ccc(Br)o2)cc1OC. The molecule has 0 radical (unpaired) electrons. The molecule has 0 atom stereocenters. The molecule has 0 spiro atoms. The summed E-state index contributed by atoms with van der Waals surface area (Å²) in [6.45, 7) is 0.115. The number of nitrogens with one attached hydrogen (secondary N) is 2. The van der Waals surface area contributed by atoms with Crippen molar-refractivity contribution in [3.8, 4) is 11.5 Å². The molecule has 0 unspecified atom stereocenters. The highest BCUT2D eigenvalue weighted by molar-refractivity contribution is 9.10. The summed E-state index contributed by atoms with van der Waals surface area (Å²) in [5.41, 5.74) is 0.420. The van der Waals surface area contributed by atoms with Gasteiger partial charge in [0.2, 0.25) is 0 Å². The van der Waals surface area contributed by atoms with Crippen molar-refractivity contribution >= 4 is 33.4 Å². The molecule has 2 amide bonds. The van der Waals surface area contributed by atoms with Crippen LogP contribution >= 0.6 is 15.9 Å². The first kappa shape index (κ1) is 16.9. The molecule has 1 heterocycles. The van der Waals surface area contributed by atoms with Crippen molar-refractivity contribution in [3.63, 3.8) is 0 Å². The Morgan fingerprint density at radius 3 is 2.43 bits per heavy atom. The second-order valence-corrected chi connectivity index (χ2v) is 5.19. The van der Waals surface area contributed by atoms with Crippen LogP contribution in [0.25, 0.3) is 0 Å². The number of hydrogen-bond donors (Lipinski definition) is 2. The molecule has 23 heavy (non-hydrogen) atoms. The summed E-state index contributed by atoms with van der Waals surface area (Å²) in [4.78, 5) is 23.6. The molecule has 2 rings (SSSR count). The van der Waals surface area contributed by atoms with Gasteiger partial charge in [-0.15, -0.1) is 0 Å². The topological polar surface area (TPSA) is 89.8 Å². The monoisotopic (exact) mass is 382 g/mol. The number of ether oxygens (including phenoxy) is 2. The van der Waals surface area contributed by atoms with E-state index in [1.165, 1.54) is 14.2 Å². The summed E-state index contributed by atoms with van der Waals surface area (Å²) in [6.07, 6.45) is 0. The van der Waals surface area contributed by atoms with Crippen molar-refractivity contribution in [1.82, 2.24) is 5.32 Å². The number of halogens is 1. The van der Waals surface area contributed by atoms with Gasteiger partial charge in [-0.2, -0.15) is 0 Å². The van der Waals surface area contributed by atoms with Crippen LogP contribution in [0.3, 0.4) is 0 Å². The summed E-state index contributed by atoms with van der Waals surface area (Å²) in [5.74, 6) is -0.0521. The molecule has 8 heteroatoms. The van der Waals surface area contributed by atoms with Gasteiger partial charge in [0.1, 0.15) is 5.76 Å². The maximum absolute atomic E-state index is 11.9. The largest absolute Gasteiger partial charge is 0.493 e. The van der Waals surface area contributed by atoms with Crippen molar-refractivity contribution < 1.29 is 23.5 Å². The van der Waals surface area contributed by atoms with Crippen molar-refractivity contribution in [2.45, 2.75) is 6.54 Å². The fraction of sp³-hybridized carbons (Fsp3) is 0.200. The minimum absolute atomic E-state index is 0.115. The predicted molar refractivity (Wildman–Crippen MR) is 86.4 cm³/mol. The van der Waals surface area contributed by atoms with Crippen LogP contribution in [0.15, 0.2) is 39.4 Å². The van der Waals surface area contributed by atoms with Crippen molar-refractivity contribution in [2.75, 3.05) is 19.5 Å². The second-order valence-electron chi connectivity index (χ2n) is 4.41. The van der Waals surface area contributed by atoms with Crippen LogP contribution in [0.1, 0.15) is 5.76 Å². The third-order valence-electron chi connectivity index (χ3n) is 2.90. The Bertz CT molecular complexity index is 714. The fourth-order valence-corrected chi connectivity index (χ4v) is 2.14. The number of carbonyl (C=O) groups is 2. The summed E-state index contributed by atoms with van der Waals surface area (Å²) in [6, 6.07) is 8.19. The van der Waals surface area contributed by atoms with E-state index < -0.39 is 11.8 Å². The van der Waals surface area contributed by atoms with Gasteiger partial charge in [-0.1, -0.05) is 0 Å². The van der Waals surface area contributed by atoms with E-state index in [4.69, 9.17) is 13.9 Å². The molecule has 1 aromatic carbocycles. The first-order valence-electron chi connectivity index (χ1n) is 6.59. The smallest absolute Gasteiger partial charge is 0.313 e. The number of hydrogen-bond acceptors (Lipinski definition) is 5. The number of rotatable bonds is 5. The summed E-state index contributed by atoms with van der Waals surface area (Å²) < 4.78 is 16.0. The minimum atomic E-state index is -0.789. The Labute approximate surface area is 141 Å². The number of carbonyl (C=O) groups excluding carboxylic acids is 2. The van der Waals surface area contributed by atoms with Crippen LogP contribution in [0.5, 0.6) is 11.5 Å². The maximum atomic E-state index is 11.9. The van der Waals surface area contributed by atoms with E-state index in [9.17, 15) is 9.59 Å². The summed E-state index contributed by atoms with van der Waals surface area (Å²) in [7, 11) is 2.99. The van der Waals surface area contributed by atoms with Crippen LogP contribution in [0.4, 0.5) is 5.69 Å². The summed E-state index contributed by atoms with van der Waals surface area (Å²) in [5, 5.41) is 4.94. The lowest BCUT2D eigenvalue weighted by Gasteiger charge is -2.10. The third kappa shape index (κ3) is 4.49. The molecule has 0 aliphatic heterocycles. The average molecular weight is 383 g/mol. The molecule has 0 aliphatic rings. The van der Waals surface area contributed by atoms with Gasteiger partial charge in [0, 0.05) is 11.8 Å². The van der Waals surface area contributed by atoms with Gasteiger partial charge in [-0.25, -0.2) is 0 Å². The maximum Gasteiger partial charge on any atom is 0.313 e. The number of benzene rings is 1. The average Bonchev–Trinajstić information content (AvgIpc) is 2.97. The Kier molecular flexibility index (Phi) is 5.64. The lowest BCUT2D eigenvalue weighted by Crippen LogP contribution is -2.34. The Hall–Kier alpha value is -2.48. The van der Waals surface area contributed by atoms with Crippen LogP contribution in [-0.2, 0) is 16.1 Å². The molecular formula is C15H15BrN2O5. The van der Waals surface area contributed by atoms with E-state index >= 15 is 0 Å². The highest BCUT2D eigenvalue weighted by Crippen LogP contribution is 2.29. The molecular weight excluding hydrogens is 368 g/mol. The first-order valence-corrected chi connectivity index (χ1v) is 7.38. The molecule has 1 aromatic heterocycles. The number of furan rings is 1. The van der Waals surface area contributed by atoms with Crippen LogP contribution in [0, 0.1) is 0 Å². The van der Waals surface area contributed by atoms with E-state index in [0.29, 0.717) is 27.6 Å². The minimum Gasteiger partial charge on any atom is -0.493 e. The molecule has 2 aromatic rings. The molecule has 122 valence electrons. The first-order chi connectivity index (χ1) is 11.0. The molecule has 0 saturated heterocycles. The van der Waals surface area contributed by atoms with Gasteiger partial charge >= 0.3 is 11.8 Å². The van der Waals surface area contributed by atoms with E-state index in [1.807, 2.05) is 0 Å². The lowest BCUT2D eigenvalue weighted by molar-refractivity contribution is -0.136. The van der Waals surface area contributed by atoms with Crippen LogP contribution < -0.4 is 20.1 Å². The van der Waals surface area contributed by atoms with Gasteiger partial charge < -0.3 is 24.5 Å². The van der Waals surface area contributed by atoms with Gasteiger partial charge in [0.05, 0.1) is 20.8 Å². The van der Waals surface area contributed by atoms with Gasteiger partial charge in [0.25, 0.3) is 0 Å². The highest BCUT2D eigenvalue weighted by atomic mass is 79.9. The lowest BCUT2D eigenvalue weighted by atomic mass is 10.2. The fourth-order valence-electron chi connectivity index (χ4n) is 1.80. The van der Waals surface area contributed by atoms with Gasteiger partial charge in [0.15, 0.2) is 16.2 Å². The summed E-state index contributed by atoms with van der Waals surface area (Å²) >= 11 is 3.16. The van der Waals surface area contributed by atoms with Crippen LogP contribution in [-0.4, -0.2) is 26.0 Å². The zero-order valence-electron chi connectivity index (χ0n) is 12.5. The number of methoxy groups -OCH3 is 2. The van der Waals surface area contributed by atoms with Gasteiger partial charge in [-0.05, 0) is 40.2 Å². The van der Waals surface area contributed by atoms with Crippen molar-refractivity contribution in [1.29, 1.82) is 0 Å². The Morgan fingerprint density at radius 1 is 1.09 bits per heavy atom. The van der Waals surface area contributed by atoms with Gasteiger partial charge in [-0.3, -0.25) is 9.59 Å². The molecule has 0 aliphatic carbocycles. The highest BCUT2D eigenvalue weighted by Gasteiger charge is 2.15. The normalized spacial score (nSPS) is 10.0. The predicted octanol–water partition coefficient (Wildman–Crippen LogP) is 2.31. The van der Waals surface area contributed by atoms with Crippen molar-refractivity contribution in [2.24, 2.45) is 0 Å². The molecule has 2 N–H and O–H groups in total. The molecule has 0 bridgehead atoms. The second kappa shape index (κ2) is 7.68. The van der Waals surface area contributed by atoms with E-state index in [2.05, 4.69) is 26.6 Å². The quantitative estimate of drug-likeness (QED) is 0.774. The molecule has 7 nitrogen and oxygen atoms in total. The van der Waals surface area contributed by atoms with E-state index in [-0.39, 0.29) is 6.54 Å². The third-order valence-corrected chi connectivity index (χ3v) is 3.33. The molecule has 0 saturated carbocycles. The van der Waals surface area contributed by atoms with Crippen LogP contribution in [0.2, 0.25) is 0 Å². The molecule has 0 fully saturated rings. The Morgan fingerprint density at radius 2 is 1.83 bits per heavy atom.